The lowest BCUT2D eigenvalue weighted by atomic mass is 9.78. The zero-order chi connectivity index (χ0) is 8.97. The Morgan fingerprint density at radius 3 is 2.33 bits per heavy atom. The Hall–Kier alpha value is -0.480. The maximum absolute atomic E-state index is 3.44. The van der Waals surface area contributed by atoms with Crippen LogP contribution >= 0.6 is 0 Å². The fourth-order valence-electron chi connectivity index (χ4n) is 2.02. The Bertz CT molecular complexity index is 177. The molecule has 0 radical (unpaired) electrons. The number of piperidine rings is 1. The summed E-state index contributed by atoms with van der Waals surface area (Å²) in [5, 5.41) is 3.44. The van der Waals surface area contributed by atoms with E-state index in [0.717, 1.165) is 24.2 Å². The Morgan fingerprint density at radius 2 is 1.83 bits per heavy atom. The van der Waals surface area contributed by atoms with Gasteiger partial charge < -0.3 is 5.32 Å². The van der Waals surface area contributed by atoms with Crippen LogP contribution in [0.2, 0.25) is 0 Å². The molecule has 1 rings (SSSR count). The third kappa shape index (κ3) is 2.25. The van der Waals surface area contributed by atoms with Gasteiger partial charge in [-0.2, -0.15) is 0 Å². The summed E-state index contributed by atoms with van der Waals surface area (Å²) >= 11 is 0. The molecule has 0 saturated carbocycles. The molecule has 1 saturated heterocycles. The number of nitrogens with one attached hydrogen (secondary N) is 1. The highest BCUT2D eigenvalue weighted by Gasteiger charge is 2.26. The van der Waals surface area contributed by atoms with Gasteiger partial charge in [-0.05, 0) is 37.8 Å². The quantitative estimate of drug-likeness (QED) is 0.585. The van der Waals surface area contributed by atoms with Crippen LogP contribution in [0, 0.1) is 29.6 Å². The highest BCUT2D eigenvalue weighted by molar-refractivity contribution is 4.99. The normalized spacial score (nSPS) is 35.4. The van der Waals surface area contributed by atoms with Crippen molar-refractivity contribution in [2.45, 2.75) is 27.2 Å². The second kappa shape index (κ2) is 4.52. The third-order valence-corrected chi connectivity index (χ3v) is 2.91. The Balaban J connectivity index is 2.48. The van der Waals surface area contributed by atoms with Crippen LogP contribution in [-0.4, -0.2) is 13.1 Å². The van der Waals surface area contributed by atoms with E-state index >= 15 is 0 Å². The van der Waals surface area contributed by atoms with Crippen LogP contribution in [0.3, 0.4) is 0 Å². The molecule has 0 amide bonds. The molecule has 0 bridgehead atoms. The first-order valence-corrected chi connectivity index (χ1v) is 4.86. The van der Waals surface area contributed by atoms with E-state index in [1.807, 2.05) is 6.92 Å². The SMILES string of the molecule is CC#CCC1C(C)CNCC1C. The number of hydrogen-bond acceptors (Lipinski definition) is 1. The summed E-state index contributed by atoms with van der Waals surface area (Å²) in [6, 6.07) is 0. The highest BCUT2D eigenvalue weighted by Crippen LogP contribution is 2.26. The van der Waals surface area contributed by atoms with Crippen molar-refractivity contribution in [3.63, 3.8) is 0 Å². The van der Waals surface area contributed by atoms with Crippen LogP contribution in [-0.2, 0) is 0 Å². The van der Waals surface area contributed by atoms with Crippen LogP contribution in [0.5, 0.6) is 0 Å². The average Bonchev–Trinajstić information content (AvgIpc) is 2.04. The van der Waals surface area contributed by atoms with E-state index in [0.29, 0.717) is 0 Å². The minimum absolute atomic E-state index is 0.787. The van der Waals surface area contributed by atoms with Crippen LogP contribution in [0.1, 0.15) is 27.2 Å². The maximum Gasteiger partial charge on any atom is 0.0123 e. The molecular weight excluding hydrogens is 146 g/mol. The molecule has 0 aromatic heterocycles. The molecule has 2 atom stereocenters. The topological polar surface area (TPSA) is 12.0 Å². The molecule has 1 fully saturated rings. The minimum atomic E-state index is 0.787. The molecule has 2 unspecified atom stereocenters. The predicted octanol–water partition coefficient (Wildman–Crippen LogP) is 1.89. The fourth-order valence-corrected chi connectivity index (χ4v) is 2.02. The highest BCUT2D eigenvalue weighted by atomic mass is 14.9. The molecule has 1 nitrogen and oxygen atoms in total. The van der Waals surface area contributed by atoms with Gasteiger partial charge in [-0.15, -0.1) is 11.8 Å². The van der Waals surface area contributed by atoms with Gasteiger partial charge in [0, 0.05) is 6.42 Å². The first-order chi connectivity index (χ1) is 5.75. The summed E-state index contributed by atoms with van der Waals surface area (Å²) in [4.78, 5) is 0. The lowest BCUT2D eigenvalue weighted by Gasteiger charge is -2.34. The first kappa shape index (κ1) is 9.61. The second-order valence-electron chi connectivity index (χ2n) is 3.91. The van der Waals surface area contributed by atoms with Gasteiger partial charge >= 0.3 is 0 Å². The molecule has 1 aliphatic heterocycles. The molecular formula is C11H19N. The predicted molar refractivity (Wildman–Crippen MR) is 52.8 cm³/mol. The minimum Gasteiger partial charge on any atom is -0.316 e. The van der Waals surface area contributed by atoms with Crippen LogP contribution in [0.4, 0.5) is 0 Å². The smallest absolute Gasteiger partial charge is 0.0123 e. The standard InChI is InChI=1S/C11H19N/c1-4-5-6-11-9(2)7-12-8-10(11)3/h9-12H,6-8H2,1-3H3. The zero-order valence-corrected chi connectivity index (χ0v) is 8.35. The zero-order valence-electron chi connectivity index (χ0n) is 8.35. The largest absolute Gasteiger partial charge is 0.316 e. The summed E-state index contributed by atoms with van der Waals surface area (Å²) in [6.07, 6.45) is 1.08. The molecule has 12 heavy (non-hydrogen) atoms. The van der Waals surface area contributed by atoms with Crippen molar-refractivity contribution in [2.24, 2.45) is 17.8 Å². The third-order valence-electron chi connectivity index (χ3n) is 2.91. The van der Waals surface area contributed by atoms with Gasteiger partial charge in [0.2, 0.25) is 0 Å². The van der Waals surface area contributed by atoms with E-state index in [9.17, 15) is 0 Å². The summed E-state index contributed by atoms with van der Waals surface area (Å²) in [5.41, 5.74) is 0. The summed E-state index contributed by atoms with van der Waals surface area (Å²) < 4.78 is 0. The van der Waals surface area contributed by atoms with E-state index in [4.69, 9.17) is 0 Å². The number of hydrogen-bond donors (Lipinski definition) is 1. The van der Waals surface area contributed by atoms with Crippen molar-refractivity contribution in [1.82, 2.24) is 5.32 Å². The van der Waals surface area contributed by atoms with E-state index in [2.05, 4.69) is 31.0 Å². The molecule has 0 aromatic carbocycles. The van der Waals surface area contributed by atoms with Crippen LogP contribution in [0.25, 0.3) is 0 Å². The monoisotopic (exact) mass is 165 g/mol. The number of rotatable bonds is 1. The lowest BCUT2D eigenvalue weighted by molar-refractivity contribution is 0.201. The van der Waals surface area contributed by atoms with Gasteiger partial charge in [0.25, 0.3) is 0 Å². The van der Waals surface area contributed by atoms with E-state index in [1.165, 1.54) is 13.1 Å². The maximum atomic E-state index is 3.44. The van der Waals surface area contributed by atoms with Gasteiger partial charge in [-0.1, -0.05) is 13.8 Å². The summed E-state index contributed by atoms with van der Waals surface area (Å²) in [7, 11) is 0. The molecule has 1 heterocycles. The van der Waals surface area contributed by atoms with Crippen molar-refractivity contribution < 1.29 is 0 Å². The van der Waals surface area contributed by atoms with E-state index in [1.54, 1.807) is 0 Å². The van der Waals surface area contributed by atoms with Gasteiger partial charge in [0.05, 0.1) is 0 Å². The first-order valence-electron chi connectivity index (χ1n) is 4.86. The molecule has 1 heteroatoms. The van der Waals surface area contributed by atoms with Gasteiger partial charge in [-0.3, -0.25) is 0 Å². The lowest BCUT2D eigenvalue weighted by Crippen LogP contribution is -2.40. The Kier molecular flexibility index (Phi) is 3.62. The molecule has 0 spiro atoms. The van der Waals surface area contributed by atoms with Crippen LogP contribution < -0.4 is 5.32 Å². The van der Waals surface area contributed by atoms with Crippen molar-refractivity contribution in [3.8, 4) is 11.8 Å². The fraction of sp³-hybridized carbons (Fsp3) is 0.818. The van der Waals surface area contributed by atoms with Gasteiger partial charge in [0.15, 0.2) is 0 Å². The van der Waals surface area contributed by atoms with Gasteiger partial charge in [0.1, 0.15) is 0 Å². The van der Waals surface area contributed by atoms with E-state index in [-0.39, 0.29) is 0 Å². The van der Waals surface area contributed by atoms with Crippen LogP contribution in [0.15, 0.2) is 0 Å². The molecule has 0 aromatic rings. The van der Waals surface area contributed by atoms with Crippen molar-refractivity contribution in [2.75, 3.05) is 13.1 Å². The molecule has 1 aliphatic rings. The Labute approximate surface area is 75.9 Å². The van der Waals surface area contributed by atoms with Gasteiger partial charge in [-0.25, -0.2) is 0 Å². The van der Waals surface area contributed by atoms with Crippen molar-refractivity contribution in [1.29, 1.82) is 0 Å². The summed E-state index contributed by atoms with van der Waals surface area (Å²) in [5.74, 6) is 8.56. The summed E-state index contributed by atoms with van der Waals surface area (Å²) in [6.45, 7) is 8.91. The average molecular weight is 165 g/mol. The Morgan fingerprint density at radius 1 is 1.25 bits per heavy atom. The van der Waals surface area contributed by atoms with E-state index < -0.39 is 0 Å². The molecule has 68 valence electrons. The molecule has 1 N–H and O–H groups in total. The molecule has 0 aliphatic carbocycles. The van der Waals surface area contributed by atoms with Crippen molar-refractivity contribution >= 4 is 0 Å². The second-order valence-corrected chi connectivity index (χ2v) is 3.91. The van der Waals surface area contributed by atoms with Crippen molar-refractivity contribution in [3.05, 3.63) is 0 Å².